The smallest absolute Gasteiger partial charge is 0.304 e. The minimum atomic E-state index is -0.204. The first-order valence-electron chi connectivity index (χ1n) is 7.45. The Hall–Kier alpha value is -2.68. The van der Waals surface area contributed by atoms with Crippen LogP contribution in [0.2, 0.25) is 0 Å². The normalized spacial score (nSPS) is 11.1. The van der Waals surface area contributed by atoms with Gasteiger partial charge in [-0.05, 0) is 25.8 Å². The first kappa shape index (κ1) is 16.2. The number of nitrogens with zero attached hydrogens (tertiary/aromatic N) is 2. The zero-order valence-electron chi connectivity index (χ0n) is 13.3. The fourth-order valence-corrected chi connectivity index (χ4v) is 3.22. The summed E-state index contributed by atoms with van der Waals surface area (Å²) in [5, 5.41) is 7.16. The van der Waals surface area contributed by atoms with Crippen LogP contribution in [-0.2, 0) is 17.8 Å². The van der Waals surface area contributed by atoms with Crippen molar-refractivity contribution in [2.24, 2.45) is 0 Å². The highest BCUT2D eigenvalue weighted by atomic mass is 32.1. The molecule has 0 aromatic carbocycles. The van der Waals surface area contributed by atoms with Gasteiger partial charge in [0.15, 0.2) is 5.65 Å². The lowest BCUT2D eigenvalue weighted by Crippen LogP contribution is -2.24. The largest absolute Gasteiger partial charge is 0.350 e. The zero-order valence-corrected chi connectivity index (χ0v) is 14.1. The molecule has 0 fully saturated rings. The Kier molecular flexibility index (Phi) is 4.34. The molecule has 0 aliphatic heterocycles. The van der Waals surface area contributed by atoms with Crippen molar-refractivity contribution in [2.75, 3.05) is 0 Å². The Morgan fingerprint density at radius 3 is 2.88 bits per heavy atom. The third-order valence-electron chi connectivity index (χ3n) is 3.85. The molecule has 24 heavy (non-hydrogen) atoms. The summed E-state index contributed by atoms with van der Waals surface area (Å²) in [6.07, 6.45) is 0.821. The van der Waals surface area contributed by atoms with E-state index in [0.717, 1.165) is 28.3 Å². The minimum absolute atomic E-state index is 0.109. The molecule has 0 saturated heterocycles. The molecule has 8 nitrogen and oxygen atoms in total. The van der Waals surface area contributed by atoms with Gasteiger partial charge in [0.2, 0.25) is 5.91 Å². The van der Waals surface area contributed by atoms with Crippen LogP contribution in [0.25, 0.3) is 5.65 Å². The Labute approximate surface area is 140 Å². The van der Waals surface area contributed by atoms with Crippen LogP contribution in [0.3, 0.4) is 0 Å². The van der Waals surface area contributed by atoms with Crippen molar-refractivity contribution in [1.29, 1.82) is 0 Å². The summed E-state index contributed by atoms with van der Waals surface area (Å²) in [7, 11) is 0. The van der Waals surface area contributed by atoms with Gasteiger partial charge in [0.1, 0.15) is 0 Å². The van der Waals surface area contributed by atoms with Crippen LogP contribution >= 0.6 is 11.3 Å². The molecule has 3 rings (SSSR count). The van der Waals surface area contributed by atoms with Crippen LogP contribution in [0, 0.1) is 13.8 Å². The molecule has 1 amide bonds. The second-order valence-electron chi connectivity index (χ2n) is 5.53. The molecule has 9 heteroatoms. The highest BCUT2D eigenvalue weighted by Crippen LogP contribution is 2.15. The quantitative estimate of drug-likeness (QED) is 0.628. The lowest BCUT2D eigenvalue weighted by molar-refractivity contribution is -0.121. The molecule has 0 bridgehead atoms. The molecule has 3 aromatic rings. The molecule has 0 unspecified atom stereocenters. The van der Waals surface area contributed by atoms with Gasteiger partial charge < -0.3 is 10.3 Å². The van der Waals surface area contributed by atoms with Crippen LogP contribution in [-0.4, -0.2) is 25.5 Å². The lowest BCUT2D eigenvalue weighted by atomic mass is 10.1. The molecule has 0 atom stereocenters. The molecule has 126 valence electrons. The summed E-state index contributed by atoms with van der Waals surface area (Å²) in [5.74, 6) is -0.109. The molecule has 3 aromatic heterocycles. The number of thiazole rings is 1. The van der Waals surface area contributed by atoms with E-state index in [1.165, 1.54) is 6.07 Å². The second-order valence-corrected chi connectivity index (χ2v) is 6.37. The lowest BCUT2D eigenvalue weighted by Gasteiger charge is -2.11. The number of nitrogens with one attached hydrogen (secondary N) is 3. The van der Waals surface area contributed by atoms with Crippen LogP contribution < -0.4 is 15.7 Å². The zero-order chi connectivity index (χ0) is 17.3. The van der Waals surface area contributed by atoms with Crippen molar-refractivity contribution in [1.82, 2.24) is 24.9 Å². The van der Waals surface area contributed by atoms with E-state index in [1.807, 2.05) is 13.8 Å². The van der Waals surface area contributed by atoms with E-state index in [1.54, 1.807) is 9.90 Å². The first-order valence-corrected chi connectivity index (χ1v) is 8.33. The van der Waals surface area contributed by atoms with Crippen molar-refractivity contribution in [3.63, 3.8) is 0 Å². The van der Waals surface area contributed by atoms with E-state index in [2.05, 4.69) is 20.4 Å². The van der Waals surface area contributed by atoms with Crippen LogP contribution in [0.5, 0.6) is 0 Å². The van der Waals surface area contributed by atoms with E-state index >= 15 is 0 Å². The van der Waals surface area contributed by atoms with Crippen molar-refractivity contribution >= 4 is 22.9 Å². The first-order chi connectivity index (χ1) is 11.4. The van der Waals surface area contributed by atoms with Crippen LogP contribution in [0.1, 0.15) is 29.1 Å². The number of aryl methyl sites for hydroxylation is 2. The van der Waals surface area contributed by atoms with Gasteiger partial charge in [0.05, 0.1) is 6.54 Å². The predicted octanol–water partition coefficient (Wildman–Crippen LogP) is 0.638. The Bertz CT molecular complexity index is 1010. The summed E-state index contributed by atoms with van der Waals surface area (Å²) < 4.78 is 1.64. The Morgan fingerprint density at radius 2 is 2.17 bits per heavy atom. The van der Waals surface area contributed by atoms with Crippen molar-refractivity contribution in [3.05, 3.63) is 54.1 Å². The number of fused-ring (bicyclic) bond motifs is 1. The molecule has 0 aliphatic rings. The summed E-state index contributed by atoms with van der Waals surface area (Å²) in [6, 6.07) is 1.44. The van der Waals surface area contributed by atoms with E-state index in [0.29, 0.717) is 30.7 Å². The number of aromatic amines is 2. The van der Waals surface area contributed by atoms with Crippen molar-refractivity contribution in [3.8, 4) is 0 Å². The molecule has 0 saturated carbocycles. The number of H-pyrrole nitrogens is 2. The van der Waals surface area contributed by atoms with E-state index in [9.17, 15) is 14.4 Å². The van der Waals surface area contributed by atoms with Gasteiger partial charge >= 0.3 is 4.87 Å². The fourth-order valence-electron chi connectivity index (χ4n) is 2.64. The summed E-state index contributed by atoms with van der Waals surface area (Å²) >= 11 is 1.07. The number of carbonyl (C=O) groups excluding carboxylic acids is 1. The van der Waals surface area contributed by atoms with Gasteiger partial charge in [-0.1, -0.05) is 11.3 Å². The highest BCUT2D eigenvalue weighted by Gasteiger charge is 2.12. The number of amides is 1. The molecule has 3 N–H and O–H groups in total. The summed E-state index contributed by atoms with van der Waals surface area (Å²) in [6.45, 7) is 4.06. The highest BCUT2D eigenvalue weighted by molar-refractivity contribution is 7.07. The second kappa shape index (κ2) is 6.44. The number of rotatable bonds is 5. The number of carbonyl (C=O) groups is 1. The van der Waals surface area contributed by atoms with E-state index in [4.69, 9.17) is 0 Å². The molecular formula is C15H17N5O3S. The van der Waals surface area contributed by atoms with Gasteiger partial charge in [-0.25, -0.2) is 9.50 Å². The maximum absolute atomic E-state index is 12.0. The van der Waals surface area contributed by atoms with Crippen molar-refractivity contribution in [2.45, 2.75) is 33.2 Å². The maximum Gasteiger partial charge on any atom is 0.304 e. The van der Waals surface area contributed by atoms with Crippen LogP contribution in [0.4, 0.5) is 0 Å². The van der Waals surface area contributed by atoms with Gasteiger partial charge in [-0.15, -0.1) is 0 Å². The third-order valence-corrected chi connectivity index (χ3v) is 4.57. The van der Waals surface area contributed by atoms with Crippen molar-refractivity contribution < 1.29 is 4.79 Å². The van der Waals surface area contributed by atoms with Gasteiger partial charge in [0.25, 0.3) is 5.56 Å². The van der Waals surface area contributed by atoms with Crippen LogP contribution in [0.15, 0.2) is 21.0 Å². The predicted molar refractivity (Wildman–Crippen MR) is 90.4 cm³/mol. The average Bonchev–Trinajstić information content (AvgIpc) is 3.10. The average molecular weight is 347 g/mol. The summed E-state index contributed by atoms with van der Waals surface area (Å²) in [5.41, 5.74) is 3.68. The topological polar surface area (TPSA) is 112 Å². The molecular weight excluding hydrogens is 330 g/mol. The fraction of sp³-hybridized carbons (Fsp3) is 0.333. The maximum atomic E-state index is 12.0. The summed E-state index contributed by atoms with van der Waals surface area (Å²) in [4.78, 5) is 41.4. The molecule has 0 spiro atoms. The van der Waals surface area contributed by atoms with Gasteiger partial charge in [0, 0.05) is 34.9 Å². The Morgan fingerprint density at radius 1 is 1.38 bits per heavy atom. The van der Waals surface area contributed by atoms with Gasteiger partial charge in [-0.3, -0.25) is 19.5 Å². The van der Waals surface area contributed by atoms with E-state index in [-0.39, 0.29) is 16.3 Å². The van der Waals surface area contributed by atoms with E-state index < -0.39 is 0 Å². The SMILES string of the molecule is Cc1nc2cc(=O)[nH]n2c(C)c1CCC(=O)NCc1csc(=O)[nH]1. The standard InChI is InChI=1S/C15H17N5O3S/c1-8-11(9(2)20-12(17-8)5-14(22)19-20)3-4-13(21)16-6-10-7-24-15(23)18-10/h5,7H,3-4,6H2,1-2H3,(H,16,21)(H,18,23)(H,19,22). The molecule has 0 radical (unpaired) electrons. The monoisotopic (exact) mass is 347 g/mol. The number of hydrogen-bond donors (Lipinski definition) is 3. The molecule has 0 aliphatic carbocycles. The van der Waals surface area contributed by atoms with Gasteiger partial charge in [-0.2, -0.15) is 0 Å². The molecule has 3 heterocycles. The Balaban J connectivity index is 1.67. The number of aromatic nitrogens is 4. The minimum Gasteiger partial charge on any atom is -0.350 e. The number of hydrogen-bond acceptors (Lipinski definition) is 5. The third kappa shape index (κ3) is 3.30.